The van der Waals surface area contributed by atoms with Crippen molar-refractivity contribution in [2.45, 2.75) is 13.3 Å². The molecule has 0 N–H and O–H groups in total. The van der Waals surface area contributed by atoms with Crippen molar-refractivity contribution in [3.8, 4) is 9.88 Å². The van der Waals surface area contributed by atoms with E-state index < -0.39 is 0 Å². The van der Waals surface area contributed by atoms with E-state index in [1.165, 1.54) is 22.9 Å². The molecule has 0 saturated heterocycles. The third-order valence-corrected chi connectivity index (χ3v) is 5.46. The molecule has 22 heavy (non-hydrogen) atoms. The van der Waals surface area contributed by atoms with Crippen LogP contribution in [0.5, 0.6) is 0 Å². The Kier molecular flexibility index (Phi) is 3.36. The number of fused-ring (bicyclic) bond motifs is 1. The highest BCUT2D eigenvalue weighted by Gasteiger charge is 2.17. The molecule has 0 aliphatic heterocycles. The highest BCUT2D eigenvalue weighted by molar-refractivity contribution is 7.23. The van der Waals surface area contributed by atoms with Crippen LogP contribution >= 0.6 is 34.5 Å². The van der Waals surface area contributed by atoms with Gasteiger partial charge in [0.1, 0.15) is 4.88 Å². The van der Waals surface area contributed by atoms with Crippen molar-refractivity contribution >= 4 is 39.4 Å². The monoisotopic (exact) mass is 348 g/mol. The van der Waals surface area contributed by atoms with Gasteiger partial charge in [-0.3, -0.25) is 0 Å². The maximum atomic E-state index is 6.21. The van der Waals surface area contributed by atoms with Gasteiger partial charge < -0.3 is 0 Å². The molecule has 0 amide bonds. The minimum absolute atomic E-state index is 0.587. The fourth-order valence-corrected chi connectivity index (χ4v) is 3.93. The summed E-state index contributed by atoms with van der Waals surface area (Å²) in [5, 5.41) is 18.6. The van der Waals surface area contributed by atoms with Crippen LogP contribution in [0.1, 0.15) is 17.1 Å². The zero-order chi connectivity index (χ0) is 15.1. The van der Waals surface area contributed by atoms with Crippen molar-refractivity contribution in [2.75, 3.05) is 0 Å². The molecule has 3 aromatic heterocycles. The van der Waals surface area contributed by atoms with Crippen molar-refractivity contribution in [2.24, 2.45) is 0 Å². The Morgan fingerprint density at radius 3 is 2.82 bits per heavy atom. The van der Waals surface area contributed by atoms with Gasteiger partial charge in [-0.1, -0.05) is 45.6 Å². The predicted octanol–water partition coefficient (Wildman–Crippen LogP) is 3.26. The summed E-state index contributed by atoms with van der Waals surface area (Å²) in [5.41, 5.74) is 1.88. The second-order valence-corrected chi connectivity index (χ2v) is 6.79. The lowest BCUT2D eigenvalue weighted by molar-refractivity contribution is 0.854. The second kappa shape index (κ2) is 5.38. The van der Waals surface area contributed by atoms with Gasteiger partial charge >= 0.3 is 0 Å². The number of rotatable bonds is 3. The summed E-state index contributed by atoms with van der Waals surface area (Å²) >= 11 is 9.03. The maximum absolute atomic E-state index is 6.21. The molecule has 0 spiro atoms. The number of aromatic nitrogens is 6. The molecule has 9 heteroatoms. The molecule has 110 valence electrons. The second-order valence-electron chi connectivity index (χ2n) is 4.67. The van der Waals surface area contributed by atoms with Crippen LogP contribution in [0.3, 0.4) is 0 Å². The Morgan fingerprint density at radius 1 is 1.18 bits per heavy atom. The minimum atomic E-state index is 0.587. The molecule has 0 atom stereocenters. The Labute approximate surface area is 138 Å². The predicted molar refractivity (Wildman–Crippen MR) is 86.6 cm³/mol. The summed E-state index contributed by atoms with van der Waals surface area (Å²) in [7, 11) is 0. The van der Waals surface area contributed by atoms with Crippen molar-refractivity contribution in [1.82, 2.24) is 29.4 Å². The third-order valence-electron chi connectivity index (χ3n) is 3.21. The van der Waals surface area contributed by atoms with E-state index in [9.17, 15) is 0 Å². The SMILES string of the molecule is Cc1nnsc1-c1nn2c(Cc3ccccc3Cl)nnc2s1. The van der Waals surface area contributed by atoms with Gasteiger partial charge in [0, 0.05) is 11.4 Å². The first-order chi connectivity index (χ1) is 10.7. The normalized spacial score (nSPS) is 11.4. The molecular formula is C13H9ClN6S2. The maximum Gasteiger partial charge on any atom is 0.235 e. The zero-order valence-corrected chi connectivity index (χ0v) is 13.8. The van der Waals surface area contributed by atoms with Crippen LogP contribution in [0.2, 0.25) is 5.02 Å². The molecule has 0 fully saturated rings. The van der Waals surface area contributed by atoms with Gasteiger partial charge in [-0.2, -0.15) is 9.61 Å². The molecular weight excluding hydrogens is 340 g/mol. The smallest absolute Gasteiger partial charge is 0.187 e. The van der Waals surface area contributed by atoms with Crippen LogP contribution in [0.25, 0.3) is 14.8 Å². The number of halogens is 1. The molecule has 0 aliphatic rings. The molecule has 6 nitrogen and oxygen atoms in total. The van der Waals surface area contributed by atoms with Gasteiger partial charge in [-0.25, -0.2) is 0 Å². The van der Waals surface area contributed by atoms with Gasteiger partial charge in [0.25, 0.3) is 0 Å². The Morgan fingerprint density at radius 2 is 2.05 bits per heavy atom. The fourth-order valence-electron chi connectivity index (χ4n) is 2.10. The van der Waals surface area contributed by atoms with E-state index in [1.54, 1.807) is 4.52 Å². The van der Waals surface area contributed by atoms with Gasteiger partial charge in [0.05, 0.1) is 5.69 Å². The molecule has 0 radical (unpaired) electrons. The lowest BCUT2D eigenvalue weighted by Gasteiger charge is -2.00. The summed E-state index contributed by atoms with van der Waals surface area (Å²) in [5.74, 6) is 0.765. The van der Waals surface area contributed by atoms with Crippen molar-refractivity contribution < 1.29 is 0 Å². The molecule has 3 heterocycles. The van der Waals surface area contributed by atoms with Crippen LogP contribution in [-0.2, 0) is 6.42 Å². The molecule has 4 rings (SSSR count). The van der Waals surface area contributed by atoms with Crippen molar-refractivity contribution in [3.05, 3.63) is 46.4 Å². The van der Waals surface area contributed by atoms with Crippen molar-refractivity contribution in [3.63, 3.8) is 0 Å². The number of aryl methyl sites for hydroxylation is 1. The summed E-state index contributed by atoms with van der Waals surface area (Å²) in [6.07, 6.45) is 0.587. The van der Waals surface area contributed by atoms with E-state index in [1.807, 2.05) is 31.2 Å². The molecule has 0 aliphatic carbocycles. The summed E-state index contributed by atoms with van der Waals surface area (Å²) in [6.45, 7) is 1.92. The third kappa shape index (κ3) is 2.29. The van der Waals surface area contributed by atoms with Gasteiger partial charge in [-0.05, 0) is 30.1 Å². The van der Waals surface area contributed by atoms with Crippen LogP contribution in [0.15, 0.2) is 24.3 Å². The Hall–Kier alpha value is -1.90. The highest BCUT2D eigenvalue weighted by atomic mass is 35.5. The average molecular weight is 349 g/mol. The minimum Gasteiger partial charge on any atom is -0.187 e. The van der Waals surface area contributed by atoms with Gasteiger partial charge in [0.2, 0.25) is 4.96 Å². The standard InChI is InChI=1S/C13H9ClN6S2/c1-7-11(22-19-15-7)12-18-20-10(16-17-13(20)21-12)6-8-4-2-3-5-9(8)14/h2-5H,6H2,1H3. The number of benzene rings is 1. The van der Waals surface area contributed by atoms with E-state index in [-0.39, 0.29) is 0 Å². The van der Waals surface area contributed by atoms with E-state index in [4.69, 9.17) is 11.6 Å². The summed E-state index contributed by atoms with van der Waals surface area (Å²) < 4.78 is 5.72. The number of nitrogens with zero attached hydrogens (tertiary/aromatic N) is 6. The fraction of sp³-hybridized carbons (Fsp3) is 0.154. The molecule has 1 aromatic carbocycles. The first kappa shape index (κ1) is 13.7. The quantitative estimate of drug-likeness (QED) is 0.568. The van der Waals surface area contributed by atoms with Crippen molar-refractivity contribution in [1.29, 1.82) is 0 Å². The highest BCUT2D eigenvalue weighted by Crippen LogP contribution is 2.30. The van der Waals surface area contributed by atoms with E-state index in [0.717, 1.165) is 37.0 Å². The van der Waals surface area contributed by atoms with Crippen LogP contribution in [0.4, 0.5) is 0 Å². The zero-order valence-electron chi connectivity index (χ0n) is 11.4. The number of hydrogen-bond acceptors (Lipinski definition) is 7. The Balaban J connectivity index is 1.75. The lowest BCUT2D eigenvalue weighted by Crippen LogP contribution is -1.98. The molecule has 4 aromatic rings. The average Bonchev–Trinajstić information content (AvgIpc) is 3.18. The summed E-state index contributed by atoms with van der Waals surface area (Å²) in [4.78, 5) is 1.73. The lowest BCUT2D eigenvalue weighted by atomic mass is 10.1. The topological polar surface area (TPSA) is 68.9 Å². The molecule has 0 saturated carbocycles. The van der Waals surface area contributed by atoms with Gasteiger partial charge in [0.15, 0.2) is 10.8 Å². The van der Waals surface area contributed by atoms with Gasteiger partial charge in [-0.15, -0.1) is 15.3 Å². The van der Waals surface area contributed by atoms with Crippen LogP contribution in [0, 0.1) is 6.92 Å². The molecule has 0 bridgehead atoms. The van der Waals surface area contributed by atoms with Crippen LogP contribution < -0.4 is 0 Å². The number of hydrogen-bond donors (Lipinski definition) is 0. The molecule has 0 unspecified atom stereocenters. The first-order valence-corrected chi connectivity index (χ1v) is 8.43. The van der Waals surface area contributed by atoms with E-state index in [0.29, 0.717) is 6.42 Å². The largest absolute Gasteiger partial charge is 0.235 e. The van der Waals surface area contributed by atoms with Crippen LogP contribution in [-0.4, -0.2) is 29.4 Å². The van der Waals surface area contributed by atoms with E-state index in [2.05, 4.69) is 24.9 Å². The van der Waals surface area contributed by atoms with E-state index >= 15 is 0 Å². The Bertz CT molecular complexity index is 956. The first-order valence-electron chi connectivity index (χ1n) is 6.46. The summed E-state index contributed by atoms with van der Waals surface area (Å²) in [6, 6.07) is 7.71.